The van der Waals surface area contributed by atoms with Gasteiger partial charge in [-0.25, -0.2) is 0 Å². The third-order valence-electron chi connectivity index (χ3n) is 6.35. The Morgan fingerprint density at radius 1 is 1.00 bits per heavy atom. The van der Waals surface area contributed by atoms with Gasteiger partial charge in [-0.2, -0.15) is 0 Å². The van der Waals surface area contributed by atoms with E-state index >= 15 is 0 Å². The number of likely N-dealkylation sites (tertiary alicyclic amines) is 1. The molecule has 1 heterocycles. The van der Waals surface area contributed by atoms with Gasteiger partial charge in [-0.3, -0.25) is 14.5 Å². The van der Waals surface area contributed by atoms with Crippen molar-refractivity contribution in [1.82, 2.24) is 4.90 Å². The van der Waals surface area contributed by atoms with E-state index in [4.69, 9.17) is 0 Å². The first-order valence-corrected chi connectivity index (χ1v) is 8.80. The summed E-state index contributed by atoms with van der Waals surface area (Å²) in [4.78, 5) is 40.0. The van der Waals surface area contributed by atoms with Gasteiger partial charge in [0.2, 0.25) is 11.8 Å². The molecule has 0 aromatic heterocycles. The van der Waals surface area contributed by atoms with Crippen molar-refractivity contribution in [3.05, 3.63) is 70.8 Å². The summed E-state index contributed by atoms with van der Waals surface area (Å²) in [5, 5.41) is 12.7. The number of carbonyl (C=O) groups excluding carboxylic acids is 3. The quantitative estimate of drug-likeness (QED) is 0.754. The zero-order valence-electron chi connectivity index (χ0n) is 14.1. The number of carbonyl (C=O) groups is 3. The Balaban J connectivity index is 1.95. The highest BCUT2D eigenvalue weighted by molar-refractivity contribution is 6.11. The Bertz CT molecular complexity index is 948. The highest BCUT2D eigenvalue weighted by atomic mass is 16.4. The molecule has 0 radical (unpaired) electrons. The fourth-order valence-electron chi connectivity index (χ4n) is 5.49. The van der Waals surface area contributed by atoms with Gasteiger partial charge in [0.05, 0.1) is 23.2 Å². The normalized spacial score (nSPS) is 30.8. The van der Waals surface area contributed by atoms with Gasteiger partial charge in [0.1, 0.15) is 0 Å². The van der Waals surface area contributed by atoms with Crippen LogP contribution in [0.4, 0.5) is 0 Å². The van der Waals surface area contributed by atoms with Gasteiger partial charge in [-0.15, -0.1) is 0 Å². The molecule has 1 fully saturated rings. The van der Waals surface area contributed by atoms with Crippen LogP contribution in [0.3, 0.4) is 0 Å². The molecule has 5 nitrogen and oxygen atoms in total. The summed E-state index contributed by atoms with van der Waals surface area (Å²) in [5.74, 6) is -3.94. The number of amides is 2. The van der Waals surface area contributed by atoms with E-state index in [1.54, 1.807) is 31.2 Å². The minimum absolute atomic E-state index is 0.243. The number of nitrogens with zero attached hydrogens (tertiary/aromatic N) is 1. The zero-order chi connectivity index (χ0) is 18.2. The summed E-state index contributed by atoms with van der Waals surface area (Å²) in [5.41, 5.74) is 1.18. The van der Waals surface area contributed by atoms with Crippen LogP contribution in [0.25, 0.3) is 0 Å². The van der Waals surface area contributed by atoms with Crippen molar-refractivity contribution in [3.8, 4) is 0 Å². The molecule has 0 unspecified atom stereocenters. The van der Waals surface area contributed by atoms with Crippen LogP contribution in [0.5, 0.6) is 0 Å². The summed E-state index contributed by atoms with van der Waals surface area (Å²) in [7, 11) is 0. The Morgan fingerprint density at radius 3 is 2.04 bits per heavy atom. The van der Waals surface area contributed by atoms with Crippen LogP contribution in [0, 0.1) is 11.8 Å². The van der Waals surface area contributed by atoms with Crippen LogP contribution in [0.2, 0.25) is 0 Å². The molecule has 2 aromatic carbocycles. The molecule has 130 valence electrons. The van der Waals surface area contributed by atoms with Crippen LogP contribution >= 0.6 is 0 Å². The van der Waals surface area contributed by atoms with Crippen molar-refractivity contribution >= 4 is 17.8 Å². The van der Waals surface area contributed by atoms with Crippen LogP contribution in [-0.2, 0) is 19.8 Å². The Hall–Kier alpha value is -2.95. The molecule has 1 saturated heterocycles. The maximum Gasteiger partial charge on any atom is 0.234 e. The summed E-state index contributed by atoms with van der Waals surface area (Å²) >= 11 is 0. The van der Waals surface area contributed by atoms with E-state index in [9.17, 15) is 19.5 Å². The number of aliphatic carboxylic acids is 1. The molecule has 6 rings (SSSR count). The first-order chi connectivity index (χ1) is 12.5. The maximum atomic E-state index is 13.1. The summed E-state index contributed by atoms with van der Waals surface area (Å²) in [6.07, 6.45) is 0. The summed E-state index contributed by atoms with van der Waals surface area (Å²) in [6.45, 7) is 1.98. The van der Waals surface area contributed by atoms with E-state index in [2.05, 4.69) is 0 Å². The average Bonchev–Trinajstić information content (AvgIpc) is 2.92. The van der Waals surface area contributed by atoms with Crippen molar-refractivity contribution in [1.29, 1.82) is 0 Å². The molecule has 1 aliphatic heterocycles. The van der Waals surface area contributed by atoms with Gasteiger partial charge < -0.3 is 9.90 Å². The van der Waals surface area contributed by atoms with Crippen LogP contribution < -0.4 is 5.11 Å². The first kappa shape index (κ1) is 15.3. The number of rotatable bonds is 2. The molecule has 2 bridgehead atoms. The standard InChI is InChI=1S/C21H17NO4/c1-2-22-18(23)16-15-11-7-3-5-9-13(11)21(20(25)26,17(16)19(22)24)14-10-6-4-8-12(14)15/h3-10,15-17H,2H2,1H3,(H,25,26)/p-1/t15?,16-,17-,21?/m0/s1. The fourth-order valence-corrected chi connectivity index (χ4v) is 5.49. The SMILES string of the molecule is CCN1C(=O)[C@@H]2[C@@H](C1=O)C1c3ccccc3C2(C(=O)[O-])c2ccccc21. The molecule has 0 N–H and O–H groups in total. The maximum absolute atomic E-state index is 13.1. The Labute approximate surface area is 150 Å². The highest BCUT2D eigenvalue weighted by Crippen LogP contribution is 2.63. The minimum atomic E-state index is -1.62. The number of carboxylic acid groups (broad SMARTS) is 1. The molecule has 0 saturated carbocycles. The number of imide groups is 1. The van der Waals surface area contributed by atoms with E-state index < -0.39 is 29.1 Å². The predicted molar refractivity (Wildman–Crippen MR) is 89.9 cm³/mol. The molecule has 2 atom stereocenters. The lowest BCUT2D eigenvalue weighted by molar-refractivity contribution is -0.314. The van der Waals surface area contributed by atoms with Gasteiger partial charge in [0, 0.05) is 12.5 Å². The zero-order valence-corrected chi connectivity index (χ0v) is 14.1. The number of benzene rings is 2. The van der Waals surface area contributed by atoms with Gasteiger partial charge in [-0.05, 0) is 29.2 Å². The summed E-state index contributed by atoms with van der Waals surface area (Å²) < 4.78 is 0. The second-order valence-electron chi connectivity index (χ2n) is 7.17. The van der Waals surface area contributed by atoms with Crippen molar-refractivity contribution in [2.45, 2.75) is 18.3 Å². The van der Waals surface area contributed by atoms with Gasteiger partial charge >= 0.3 is 0 Å². The first-order valence-electron chi connectivity index (χ1n) is 8.80. The largest absolute Gasteiger partial charge is 0.549 e. The molecule has 5 heteroatoms. The third-order valence-corrected chi connectivity index (χ3v) is 6.35. The molecule has 3 aliphatic carbocycles. The lowest BCUT2D eigenvalue weighted by atomic mass is 9.47. The molecular weight excluding hydrogens is 330 g/mol. The van der Waals surface area contributed by atoms with Crippen molar-refractivity contribution in [2.24, 2.45) is 11.8 Å². The van der Waals surface area contributed by atoms with E-state index in [1.807, 2.05) is 24.3 Å². The number of hydrogen-bond donors (Lipinski definition) is 0. The molecule has 2 amide bonds. The highest BCUT2D eigenvalue weighted by Gasteiger charge is 2.68. The Kier molecular flexibility index (Phi) is 2.84. The van der Waals surface area contributed by atoms with Gasteiger partial charge in [0.25, 0.3) is 0 Å². The fraction of sp³-hybridized carbons (Fsp3) is 0.286. The van der Waals surface area contributed by atoms with E-state index in [-0.39, 0.29) is 18.4 Å². The number of carboxylic acids is 1. The van der Waals surface area contributed by atoms with Gasteiger partial charge in [-0.1, -0.05) is 48.5 Å². The van der Waals surface area contributed by atoms with Crippen LogP contribution in [-0.4, -0.2) is 29.2 Å². The smallest absolute Gasteiger partial charge is 0.234 e. The van der Waals surface area contributed by atoms with Crippen molar-refractivity contribution in [2.75, 3.05) is 6.54 Å². The van der Waals surface area contributed by atoms with E-state index in [1.165, 1.54) is 4.90 Å². The van der Waals surface area contributed by atoms with Crippen molar-refractivity contribution in [3.63, 3.8) is 0 Å². The number of hydrogen-bond acceptors (Lipinski definition) is 4. The summed E-state index contributed by atoms with van der Waals surface area (Å²) in [6, 6.07) is 14.5. The van der Waals surface area contributed by atoms with Gasteiger partial charge in [0.15, 0.2) is 0 Å². The molecular formula is C21H16NO4-. The predicted octanol–water partition coefficient (Wildman–Crippen LogP) is 0.803. The van der Waals surface area contributed by atoms with E-state index in [0.717, 1.165) is 11.1 Å². The average molecular weight is 346 g/mol. The monoisotopic (exact) mass is 346 g/mol. The van der Waals surface area contributed by atoms with Crippen LogP contribution in [0.15, 0.2) is 48.5 Å². The molecule has 4 aliphatic rings. The topological polar surface area (TPSA) is 77.5 Å². The lowest BCUT2D eigenvalue weighted by Gasteiger charge is -2.54. The third kappa shape index (κ3) is 1.43. The minimum Gasteiger partial charge on any atom is -0.549 e. The van der Waals surface area contributed by atoms with E-state index in [0.29, 0.717) is 11.1 Å². The second kappa shape index (κ2) is 4.81. The lowest BCUT2D eigenvalue weighted by Crippen LogP contribution is -2.61. The van der Waals surface area contributed by atoms with Crippen LogP contribution in [0.1, 0.15) is 35.1 Å². The Morgan fingerprint density at radius 2 is 1.54 bits per heavy atom. The van der Waals surface area contributed by atoms with Crippen molar-refractivity contribution < 1.29 is 19.5 Å². The molecule has 2 aromatic rings. The molecule has 26 heavy (non-hydrogen) atoms. The second-order valence-corrected chi connectivity index (χ2v) is 7.17. The molecule has 0 spiro atoms.